The molecule has 3 aromatic rings. The van der Waals surface area contributed by atoms with Gasteiger partial charge >= 0.3 is 5.69 Å². The van der Waals surface area contributed by atoms with Crippen LogP contribution in [0.2, 0.25) is 0 Å². The van der Waals surface area contributed by atoms with E-state index in [1.54, 1.807) is 18.2 Å². The highest BCUT2D eigenvalue weighted by Gasteiger charge is 2.16. The monoisotopic (exact) mass is 413 g/mol. The van der Waals surface area contributed by atoms with Crippen LogP contribution in [-0.2, 0) is 0 Å². The molecule has 0 bridgehead atoms. The van der Waals surface area contributed by atoms with E-state index in [2.05, 4.69) is 10.5 Å². The fourth-order valence-corrected chi connectivity index (χ4v) is 2.54. The third-order valence-corrected chi connectivity index (χ3v) is 4.03. The molecule has 2 aromatic carbocycles. The molecule has 0 unspecified atom stereocenters. The first kappa shape index (κ1) is 20.5. The highest BCUT2D eigenvalue weighted by molar-refractivity contribution is 5.95. The molecule has 1 N–H and O–H groups in total. The van der Waals surface area contributed by atoms with Gasteiger partial charge in [0.05, 0.1) is 25.4 Å². The van der Waals surface area contributed by atoms with E-state index < -0.39 is 22.3 Å². The van der Waals surface area contributed by atoms with Gasteiger partial charge in [0.1, 0.15) is 23.0 Å². The molecule has 10 heteroatoms. The Bertz CT molecular complexity index is 1100. The van der Waals surface area contributed by atoms with Gasteiger partial charge in [-0.2, -0.15) is 9.49 Å². The number of halogens is 1. The van der Waals surface area contributed by atoms with Crippen molar-refractivity contribution in [2.75, 3.05) is 14.2 Å². The van der Waals surface area contributed by atoms with Crippen molar-refractivity contribution in [2.45, 2.75) is 0 Å². The summed E-state index contributed by atoms with van der Waals surface area (Å²) in [5, 5.41) is 14.7. The average Bonchev–Trinajstić information content (AvgIpc) is 3.22. The third kappa shape index (κ3) is 4.61. The lowest BCUT2D eigenvalue weighted by molar-refractivity contribution is -0.387. The predicted octanol–water partition coefficient (Wildman–Crippen LogP) is 3.78. The standard InChI is InChI=1S/C20H16FN3O6/c1-28-15-7-13(8-16(10-15)29-2)20(25)23-22-11-14-4-6-19(30-14)12-3-5-17(21)18(9-12)24(26)27/h3-11H,1-2H3,(H,23,25)/b22-11-. The summed E-state index contributed by atoms with van der Waals surface area (Å²) >= 11 is 0. The average molecular weight is 413 g/mol. The van der Waals surface area contributed by atoms with Crippen LogP contribution >= 0.6 is 0 Å². The Balaban J connectivity index is 1.71. The predicted molar refractivity (Wildman–Crippen MR) is 105 cm³/mol. The second kappa shape index (κ2) is 8.86. The molecule has 0 aliphatic carbocycles. The van der Waals surface area contributed by atoms with Crippen LogP contribution in [0.25, 0.3) is 11.3 Å². The number of nitro benzene ring substituents is 1. The molecule has 154 valence electrons. The summed E-state index contributed by atoms with van der Waals surface area (Å²) in [5.74, 6) is 0.0300. The molecule has 0 atom stereocenters. The van der Waals surface area contributed by atoms with Gasteiger partial charge in [0.15, 0.2) is 0 Å². The summed E-state index contributed by atoms with van der Waals surface area (Å²) in [5.41, 5.74) is 2.31. The van der Waals surface area contributed by atoms with E-state index in [4.69, 9.17) is 13.9 Å². The number of amides is 1. The normalized spacial score (nSPS) is 10.8. The van der Waals surface area contributed by atoms with Crippen LogP contribution in [0, 0.1) is 15.9 Å². The number of methoxy groups -OCH3 is 2. The number of nitrogens with zero attached hydrogens (tertiary/aromatic N) is 2. The fraction of sp³-hybridized carbons (Fsp3) is 0.100. The molecule has 0 fully saturated rings. The second-order valence-electron chi connectivity index (χ2n) is 5.93. The number of hydrogen-bond acceptors (Lipinski definition) is 7. The largest absolute Gasteiger partial charge is 0.497 e. The molecule has 0 spiro atoms. The van der Waals surface area contributed by atoms with Gasteiger partial charge in [0.2, 0.25) is 5.82 Å². The van der Waals surface area contributed by atoms with Crippen molar-refractivity contribution in [1.82, 2.24) is 5.43 Å². The Kier molecular flexibility index (Phi) is 6.06. The Hall–Kier alpha value is -4.21. The molecule has 0 aliphatic heterocycles. The van der Waals surface area contributed by atoms with E-state index in [1.165, 1.54) is 38.6 Å². The highest BCUT2D eigenvalue weighted by atomic mass is 19.1. The molecule has 9 nitrogen and oxygen atoms in total. The maximum absolute atomic E-state index is 13.5. The summed E-state index contributed by atoms with van der Waals surface area (Å²) in [4.78, 5) is 22.3. The number of benzene rings is 2. The topological polar surface area (TPSA) is 116 Å². The zero-order valence-electron chi connectivity index (χ0n) is 15.9. The van der Waals surface area contributed by atoms with Gasteiger partial charge in [-0.05, 0) is 36.4 Å². The second-order valence-corrected chi connectivity index (χ2v) is 5.93. The molecule has 1 aromatic heterocycles. The number of furan rings is 1. The number of hydrogen-bond donors (Lipinski definition) is 1. The third-order valence-electron chi connectivity index (χ3n) is 4.03. The molecule has 0 saturated heterocycles. The summed E-state index contributed by atoms with van der Waals surface area (Å²) in [6.07, 6.45) is 1.26. The van der Waals surface area contributed by atoms with Crippen molar-refractivity contribution in [2.24, 2.45) is 5.10 Å². The van der Waals surface area contributed by atoms with Crippen molar-refractivity contribution >= 4 is 17.8 Å². The lowest BCUT2D eigenvalue weighted by Crippen LogP contribution is -2.17. The smallest absolute Gasteiger partial charge is 0.305 e. The van der Waals surface area contributed by atoms with Crippen molar-refractivity contribution in [3.63, 3.8) is 0 Å². The van der Waals surface area contributed by atoms with Gasteiger partial charge in [0, 0.05) is 23.3 Å². The number of carbonyl (C=O) groups is 1. The van der Waals surface area contributed by atoms with E-state index in [9.17, 15) is 19.3 Å². The lowest BCUT2D eigenvalue weighted by atomic mass is 10.1. The molecular formula is C20H16FN3O6. The Morgan fingerprint density at radius 3 is 2.47 bits per heavy atom. The highest BCUT2D eigenvalue weighted by Crippen LogP contribution is 2.27. The summed E-state index contributed by atoms with van der Waals surface area (Å²) in [7, 11) is 2.94. The first-order valence-electron chi connectivity index (χ1n) is 8.52. The van der Waals surface area contributed by atoms with Crippen molar-refractivity contribution in [1.29, 1.82) is 0 Å². The van der Waals surface area contributed by atoms with E-state index in [1.807, 2.05) is 0 Å². The first-order valence-corrected chi connectivity index (χ1v) is 8.52. The fourth-order valence-electron chi connectivity index (χ4n) is 2.54. The lowest BCUT2D eigenvalue weighted by Gasteiger charge is -2.07. The molecule has 1 amide bonds. The quantitative estimate of drug-likeness (QED) is 0.358. The van der Waals surface area contributed by atoms with E-state index in [0.29, 0.717) is 17.1 Å². The maximum Gasteiger partial charge on any atom is 0.305 e. The maximum atomic E-state index is 13.5. The minimum absolute atomic E-state index is 0.278. The molecule has 0 aliphatic rings. The van der Waals surface area contributed by atoms with Crippen molar-refractivity contribution in [3.8, 4) is 22.8 Å². The van der Waals surface area contributed by atoms with E-state index >= 15 is 0 Å². The minimum atomic E-state index is -0.936. The van der Waals surface area contributed by atoms with Crippen LogP contribution in [0.4, 0.5) is 10.1 Å². The molecule has 0 radical (unpaired) electrons. The Morgan fingerprint density at radius 1 is 1.13 bits per heavy atom. The van der Waals surface area contributed by atoms with E-state index in [0.717, 1.165) is 12.1 Å². The van der Waals surface area contributed by atoms with Crippen LogP contribution in [0.5, 0.6) is 11.5 Å². The SMILES string of the molecule is COc1cc(OC)cc(C(=O)N/N=C\c2ccc(-c3ccc(F)c([N+](=O)[O-])c3)o2)c1. The van der Waals surface area contributed by atoms with Crippen LogP contribution in [-0.4, -0.2) is 31.3 Å². The molecule has 1 heterocycles. The molecular weight excluding hydrogens is 397 g/mol. The number of ether oxygens (including phenoxy) is 2. The summed E-state index contributed by atoms with van der Waals surface area (Å²) in [6, 6.07) is 11.2. The van der Waals surface area contributed by atoms with Gasteiger partial charge < -0.3 is 13.9 Å². The number of nitro groups is 1. The minimum Gasteiger partial charge on any atom is -0.497 e. The van der Waals surface area contributed by atoms with Gasteiger partial charge in [-0.1, -0.05) is 0 Å². The van der Waals surface area contributed by atoms with Gasteiger partial charge in [0.25, 0.3) is 5.91 Å². The number of hydrazone groups is 1. The van der Waals surface area contributed by atoms with Crippen LogP contribution in [0.3, 0.4) is 0 Å². The van der Waals surface area contributed by atoms with Crippen molar-refractivity contribution < 1.29 is 28.0 Å². The molecule has 3 rings (SSSR count). The number of rotatable bonds is 7. The van der Waals surface area contributed by atoms with Gasteiger partial charge in [-0.3, -0.25) is 14.9 Å². The summed E-state index contributed by atoms with van der Waals surface area (Å²) in [6.45, 7) is 0. The van der Waals surface area contributed by atoms with E-state index in [-0.39, 0.29) is 17.1 Å². The Labute approximate surface area is 169 Å². The zero-order valence-corrected chi connectivity index (χ0v) is 15.9. The van der Waals surface area contributed by atoms with Gasteiger partial charge in [-0.15, -0.1) is 0 Å². The number of nitrogens with one attached hydrogen (secondary N) is 1. The number of carbonyl (C=O) groups excluding carboxylic acids is 1. The summed E-state index contributed by atoms with van der Waals surface area (Å²) < 4.78 is 29.2. The zero-order chi connectivity index (χ0) is 21.7. The van der Waals surface area contributed by atoms with Crippen LogP contribution in [0.15, 0.2) is 58.0 Å². The van der Waals surface area contributed by atoms with Crippen LogP contribution < -0.4 is 14.9 Å². The molecule has 0 saturated carbocycles. The van der Waals surface area contributed by atoms with Crippen LogP contribution in [0.1, 0.15) is 16.1 Å². The molecule has 30 heavy (non-hydrogen) atoms. The van der Waals surface area contributed by atoms with Gasteiger partial charge in [-0.25, -0.2) is 5.43 Å². The first-order chi connectivity index (χ1) is 14.4. The van der Waals surface area contributed by atoms with Crippen molar-refractivity contribution in [3.05, 3.63) is 75.8 Å². The Morgan fingerprint density at radius 2 is 1.83 bits per heavy atom.